The largest absolute Gasteiger partial charge is 0.331 e. The summed E-state index contributed by atoms with van der Waals surface area (Å²) in [5, 5.41) is 6.51. The highest BCUT2D eigenvalue weighted by molar-refractivity contribution is 7.80. The Bertz CT molecular complexity index is 758. The molecule has 1 amide bonds. The third-order valence-electron chi connectivity index (χ3n) is 2.92. The molecule has 0 radical (unpaired) electrons. The first-order chi connectivity index (χ1) is 10.9. The third kappa shape index (κ3) is 5.67. The lowest BCUT2D eigenvalue weighted by Gasteiger charge is -2.10. The Labute approximate surface area is 150 Å². The summed E-state index contributed by atoms with van der Waals surface area (Å²) in [5.41, 5.74) is 2.63. The van der Waals surface area contributed by atoms with E-state index in [9.17, 15) is 4.79 Å². The van der Waals surface area contributed by atoms with Gasteiger partial charge in [-0.2, -0.15) is 0 Å². The van der Waals surface area contributed by atoms with Crippen molar-refractivity contribution in [3.05, 3.63) is 69.7 Å². The Kier molecular flexibility index (Phi) is 6.16. The Morgan fingerprint density at radius 2 is 1.83 bits per heavy atom. The lowest BCUT2D eigenvalue weighted by molar-refractivity contribution is -0.115. The molecule has 0 bridgehead atoms. The summed E-state index contributed by atoms with van der Waals surface area (Å²) in [6.45, 7) is 2.01. The van der Waals surface area contributed by atoms with Crippen LogP contribution in [0.2, 0.25) is 10.0 Å². The number of benzene rings is 2. The number of hydrogen-bond donors (Lipinski definition) is 2. The first-order valence-corrected chi connectivity index (χ1v) is 7.92. The molecule has 2 rings (SSSR count). The van der Waals surface area contributed by atoms with Gasteiger partial charge in [0.1, 0.15) is 0 Å². The molecule has 0 fully saturated rings. The van der Waals surface area contributed by atoms with Gasteiger partial charge in [0.25, 0.3) is 0 Å². The molecular weight excluding hydrogens is 351 g/mol. The Morgan fingerprint density at radius 1 is 1.13 bits per heavy atom. The van der Waals surface area contributed by atoms with Gasteiger partial charge < -0.3 is 5.32 Å². The maximum absolute atomic E-state index is 11.9. The average molecular weight is 365 g/mol. The molecule has 3 nitrogen and oxygen atoms in total. The van der Waals surface area contributed by atoms with Crippen molar-refractivity contribution in [2.45, 2.75) is 6.92 Å². The van der Waals surface area contributed by atoms with Crippen LogP contribution in [-0.4, -0.2) is 11.0 Å². The van der Waals surface area contributed by atoms with Crippen LogP contribution in [0, 0.1) is 6.92 Å². The zero-order chi connectivity index (χ0) is 16.8. The molecule has 2 aromatic rings. The number of aryl methyl sites for hydroxylation is 1. The van der Waals surface area contributed by atoms with E-state index in [1.807, 2.05) is 31.2 Å². The van der Waals surface area contributed by atoms with Gasteiger partial charge in [-0.3, -0.25) is 10.1 Å². The molecule has 118 valence electrons. The number of hydrogen-bond acceptors (Lipinski definition) is 2. The van der Waals surface area contributed by atoms with Crippen molar-refractivity contribution < 1.29 is 4.79 Å². The Hall–Kier alpha value is -1.88. The third-order valence-corrected chi connectivity index (χ3v) is 3.69. The van der Waals surface area contributed by atoms with Gasteiger partial charge in [0, 0.05) is 11.1 Å². The van der Waals surface area contributed by atoms with E-state index < -0.39 is 0 Å². The van der Waals surface area contributed by atoms with E-state index >= 15 is 0 Å². The van der Waals surface area contributed by atoms with Gasteiger partial charge in [-0.25, -0.2) is 0 Å². The number of carbonyl (C=O) groups excluding carboxylic acids is 1. The molecule has 0 spiro atoms. The minimum Gasteiger partial charge on any atom is -0.331 e. The smallest absolute Gasteiger partial charge is 0.250 e. The fourth-order valence-corrected chi connectivity index (χ4v) is 2.30. The maximum atomic E-state index is 11.9. The van der Waals surface area contributed by atoms with Crippen LogP contribution in [0.4, 0.5) is 5.69 Å². The number of rotatable bonds is 3. The van der Waals surface area contributed by atoms with Gasteiger partial charge in [0.2, 0.25) is 5.91 Å². The van der Waals surface area contributed by atoms with Crippen molar-refractivity contribution in [1.82, 2.24) is 5.32 Å². The summed E-state index contributed by atoms with van der Waals surface area (Å²) < 4.78 is 0. The SMILES string of the molecule is Cc1ccc(/C=C/C(=O)NC(=S)Nc2cc(Cl)ccc2Cl)cc1. The van der Waals surface area contributed by atoms with E-state index in [0.717, 1.165) is 11.1 Å². The van der Waals surface area contributed by atoms with Gasteiger partial charge in [-0.05, 0) is 49.0 Å². The maximum Gasteiger partial charge on any atom is 0.250 e. The monoisotopic (exact) mass is 364 g/mol. The zero-order valence-corrected chi connectivity index (χ0v) is 14.6. The van der Waals surface area contributed by atoms with E-state index in [2.05, 4.69) is 10.6 Å². The second-order valence-electron chi connectivity index (χ2n) is 4.81. The number of amides is 1. The molecule has 0 unspecified atom stereocenters. The number of anilines is 1. The molecule has 0 saturated heterocycles. The van der Waals surface area contributed by atoms with Crippen molar-refractivity contribution >= 4 is 58.2 Å². The first kappa shape index (κ1) is 17.5. The van der Waals surface area contributed by atoms with E-state index in [0.29, 0.717) is 15.7 Å². The number of thiocarbonyl (C=S) groups is 1. The second-order valence-corrected chi connectivity index (χ2v) is 6.06. The quantitative estimate of drug-likeness (QED) is 0.605. The van der Waals surface area contributed by atoms with Crippen molar-refractivity contribution in [2.24, 2.45) is 0 Å². The first-order valence-electron chi connectivity index (χ1n) is 6.76. The highest BCUT2D eigenvalue weighted by Gasteiger charge is 2.05. The Balaban J connectivity index is 1.93. The van der Waals surface area contributed by atoms with E-state index in [1.54, 1.807) is 24.3 Å². The number of halogens is 2. The molecule has 0 saturated carbocycles. The predicted molar refractivity (Wildman–Crippen MR) is 101 cm³/mol. The molecule has 2 N–H and O–H groups in total. The molecule has 0 atom stereocenters. The van der Waals surface area contributed by atoms with Crippen molar-refractivity contribution in [2.75, 3.05) is 5.32 Å². The van der Waals surface area contributed by atoms with Crippen LogP contribution in [0.1, 0.15) is 11.1 Å². The van der Waals surface area contributed by atoms with Crippen LogP contribution < -0.4 is 10.6 Å². The number of carbonyl (C=O) groups is 1. The van der Waals surface area contributed by atoms with Gasteiger partial charge in [-0.15, -0.1) is 0 Å². The minimum atomic E-state index is -0.332. The molecule has 0 aliphatic heterocycles. The Morgan fingerprint density at radius 3 is 2.52 bits per heavy atom. The van der Waals surface area contributed by atoms with Gasteiger partial charge in [0.15, 0.2) is 5.11 Å². The molecule has 0 aromatic heterocycles. The minimum absolute atomic E-state index is 0.146. The van der Waals surface area contributed by atoms with Crippen molar-refractivity contribution in [3.63, 3.8) is 0 Å². The molecule has 0 aliphatic carbocycles. The molecule has 0 heterocycles. The molecular formula is C17H14Cl2N2OS. The lowest BCUT2D eigenvalue weighted by atomic mass is 10.1. The van der Waals surface area contributed by atoms with Crippen LogP contribution in [-0.2, 0) is 4.79 Å². The second kappa shape index (κ2) is 8.11. The fourth-order valence-electron chi connectivity index (χ4n) is 1.75. The summed E-state index contributed by atoms with van der Waals surface area (Å²) in [4.78, 5) is 11.9. The van der Waals surface area contributed by atoms with E-state index in [-0.39, 0.29) is 11.0 Å². The van der Waals surface area contributed by atoms with Crippen LogP contribution in [0.3, 0.4) is 0 Å². The van der Waals surface area contributed by atoms with Crippen molar-refractivity contribution in [1.29, 1.82) is 0 Å². The normalized spacial score (nSPS) is 10.6. The molecule has 2 aromatic carbocycles. The van der Waals surface area contributed by atoms with Gasteiger partial charge in [0.05, 0.1) is 10.7 Å². The highest BCUT2D eigenvalue weighted by Crippen LogP contribution is 2.25. The summed E-state index contributed by atoms with van der Waals surface area (Å²) in [7, 11) is 0. The van der Waals surface area contributed by atoms with Crippen molar-refractivity contribution in [3.8, 4) is 0 Å². The standard InChI is InChI=1S/C17H14Cl2N2OS/c1-11-2-4-12(5-3-11)6-9-16(22)21-17(23)20-15-10-13(18)7-8-14(15)19/h2-10H,1H3,(H2,20,21,22,23)/b9-6+. The molecule has 0 aliphatic rings. The topological polar surface area (TPSA) is 41.1 Å². The fraction of sp³-hybridized carbons (Fsp3) is 0.0588. The van der Waals surface area contributed by atoms with Crippen LogP contribution in [0.5, 0.6) is 0 Å². The van der Waals surface area contributed by atoms with Crippen LogP contribution >= 0.6 is 35.4 Å². The predicted octanol–water partition coefficient (Wildman–Crippen LogP) is 4.83. The van der Waals surface area contributed by atoms with E-state index in [4.69, 9.17) is 35.4 Å². The lowest BCUT2D eigenvalue weighted by Crippen LogP contribution is -2.32. The summed E-state index contributed by atoms with van der Waals surface area (Å²) in [5.74, 6) is -0.332. The molecule has 23 heavy (non-hydrogen) atoms. The average Bonchev–Trinajstić information content (AvgIpc) is 2.50. The van der Waals surface area contributed by atoms with E-state index in [1.165, 1.54) is 6.08 Å². The molecule has 6 heteroatoms. The summed E-state index contributed by atoms with van der Waals surface area (Å²) in [6.07, 6.45) is 3.13. The van der Waals surface area contributed by atoms with Gasteiger partial charge >= 0.3 is 0 Å². The van der Waals surface area contributed by atoms with Gasteiger partial charge in [-0.1, -0.05) is 53.0 Å². The van der Waals surface area contributed by atoms with Crippen LogP contribution in [0.15, 0.2) is 48.5 Å². The summed E-state index contributed by atoms with van der Waals surface area (Å²) >= 11 is 17.0. The van der Waals surface area contributed by atoms with Crippen LogP contribution in [0.25, 0.3) is 6.08 Å². The zero-order valence-electron chi connectivity index (χ0n) is 12.3. The highest BCUT2D eigenvalue weighted by atomic mass is 35.5. The summed E-state index contributed by atoms with van der Waals surface area (Å²) in [6, 6.07) is 12.8. The number of nitrogens with one attached hydrogen (secondary N) is 2.